The van der Waals surface area contributed by atoms with Crippen molar-refractivity contribution in [1.29, 1.82) is 0 Å². The van der Waals surface area contributed by atoms with Crippen molar-refractivity contribution in [3.63, 3.8) is 0 Å². The molecule has 2 aliphatic heterocycles. The molecule has 214 valence electrons. The summed E-state index contributed by atoms with van der Waals surface area (Å²) in [7, 11) is 0. The van der Waals surface area contributed by atoms with E-state index >= 15 is 0 Å². The van der Waals surface area contributed by atoms with E-state index < -0.39 is 0 Å². The molecular formula is C35H29N7Pt. The summed E-state index contributed by atoms with van der Waals surface area (Å²) in [5.74, 6) is 2.49. The number of benzene rings is 3. The van der Waals surface area contributed by atoms with Crippen molar-refractivity contribution in [2.75, 3.05) is 0 Å². The third-order valence-electron chi connectivity index (χ3n) is 6.52. The molecule has 2 aliphatic rings. The van der Waals surface area contributed by atoms with Crippen LogP contribution in [0.3, 0.4) is 0 Å². The number of aromatic nitrogens is 2. The molecule has 0 saturated heterocycles. The molecule has 5 aromatic rings. The molecule has 3 aromatic carbocycles. The first kappa shape index (κ1) is 29.6. The summed E-state index contributed by atoms with van der Waals surface area (Å²) in [4.78, 5) is 21.9. The van der Waals surface area contributed by atoms with Gasteiger partial charge in [-0.1, -0.05) is 97.1 Å². The van der Waals surface area contributed by atoms with Gasteiger partial charge in [0.1, 0.15) is 0 Å². The van der Waals surface area contributed by atoms with Gasteiger partial charge in [-0.2, -0.15) is 6.67 Å². The van der Waals surface area contributed by atoms with Crippen LogP contribution >= 0.6 is 0 Å². The van der Waals surface area contributed by atoms with E-state index in [0.29, 0.717) is 23.3 Å². The van der Waals surface area contributed by atoms with Crippen LogP contribution in [0.25, 0.3) is 5.32 Å². The largest absolute Gasteiger partial charge is 2.00 e. The number of nitrogens with zero attached hydrogens (tertiary/aromatic N) is 7. The molecule has 4 heterocycles. The molecular weight excluding hydrogens is 714 g/mol. The normalized spacial score (nSPS) is 15.0. The molecule has 0 spiro atoms. The molecule has 43 heavy (non-hydrogen) atoms. The Morgan fingerprint density at radius 3 is 1.37 bits per heavy atom. The van der Waals surface area contributed by atoms with Gasteiger partial charge in [0.2, 0.25) is 0 Å². The number of hydrogen-bond donors (Lipinski definition) is 0. The van der Waals surface area contributed by atoms with Gasteiger partial charge in [-0.25, -0.2) is 0 Å². The molecule has 7 nitrogen and oxygen atoms in total. The van der Waals surface area contributed by atoms with Gasteiger partial charge in [-0.05, 0) is 58.9 Å². The topological polar surface area (TPSA) is 71.1 Å². The summed E-state index contributed by atoms with van der Waals surface area (Å²) in [6.45, 7) is 3.99. The van der Waals surface area contributed by atoms with Gasteiger partial charge in [-0.15, -0.1) is 0 Å². The van der Waals surface area contributed by atoms with Crippen molar-refractivity contribution in [2.24, 2.45) is 9.98 Å². The minimum Gasteiger partial charge on any atom is -0.505 e. The van der Waals surface area contributed by atoms with E-state index in [1.54, 1.807) is 12.4 Å². The van der Waals surface area contributed by atoms with Crippen LogP contribution in [-0.4, -0.2) is 31.4 Å². The molecule has 0 bridgehead atoms. The van der Waals surface area contributed by atoms with E-state index in [-0.39, 0.29) is 21.1 Å². The number of aliphatic imine (C=N–C) groups is 2. The third-order valence-corrected chi connectivity index (χ3v) is 6.52. The Labute approximate surface area is 266 Å². The molecule has 0 fully saturated rings. The predicted octanol–water partition coefficient (Wildman–Crippen LogP) is 7.61. The SMILES string of the molecule is C1=CN(Cc2ccccc2)[CH-]N1Cc1ccccc1.[Pt+2].c1ccc(/N=C2\[N-]/C(=N\c3ccccn3)c3ccccc32)nc1. The minimum atomic E-state index is 0. The minimum absolute atomic E-state index is 0. The quantitative estimate of drug-likeness (QED) is 0.168. The summed E-state index contributed by atoms with van der Waals surface area (Å²) >= 11 is 0. The molecule has 7 rings (SSSR count). The molecule has 0 N–H and O–H groups in total. The number of fused-ring (bicyclic) bond motifs is 1. The summed E-state index contributed by atoms with van der Waals surface area (Å²) < 4.78 is 0. The number of hydrogen-bond acceptors (Lipinski definition) is 6. The molecule has 0 atom stereocenters. The van der Waals surface area contributed by atoms with Gasteiger partial charge in [-0.3, -0.25) is 9.97 Å². The van der Waals surface area contributed by atoms with E-state index in [1.807, 2.05) is 60.7 Å². The summed E-state index contributed by atoms with van der Waals surface area (Å²) in [5, 5.41) is 4.57. The van der Waals surface area contributed by atoms with Crippen LogP contribution < -0.4 is 0 Å². The van der Waals surface area contributed by atoms with Gasteiger partial charge in [0.25, 0.3) is 0 Å². The van der Waals surface area contributed by atoms with Crippen molar-refractivity contribution in [1.82, 2.24) is 19.8 Å². The first-order chi connectivity index (χ1) is 20.8. The van der Waals surface area contributed by atoms with E-state index in [2.05, 4.69) is 115 Å². The first-order valence-electron chi connectivity index (χ1n) is 13.7. The van der Waals surface area contributed by atoms with E-state index in [1.165, 1.54) is 11.1 Å². The van der Waals surface area contributed by atoms with Crippen LogP contribution in [0.1, 0.15) is 22.3 Å². The third kappa shape index (κ3) is 8.12. The average Bonchev–Trinajstić information content (AvgIpc) is 3.63. The van der Waals surface area contributed by atoms with Gasteiger partial charge in [0, 0.05) is 37.2 Å². The second-order valence-electron chi connectivity index (χ2n) is 9.63. The van der Waals surface area contributed by atoms with Gasteiger partial charge in [0.05, 0.1) is 11.6 Å². The second kappa shape index (κ2) is 14.8. The summed E-state index contributed by atoms with van der Waals surface area (Å²) in [6.07, 6.45) is 7.66. The number of amidine groups is 2. The Bertz CT molecular complexity index is 1550. The molecule has 0 saturated carbocycles. The maximum Gasteiger partial charge on any atom is 2.00 e. The molecule has 2 aromatic heterocycles. The van der Waals surface area contributed by atoms with E-state index in [4.69, 9.17) is 0 Å². The number of rotatable bonds is 6. The predicted molar refractivity (Wildman–Crippen MR) is 168 cm³/mol. The first-order valence-corrected chi connectivity index (χ1v) is 13.7. The molecule has 8 heteroatoms. The smallest absolute Gasteiger partial charge is 0.505 e. The van der Waals surface area contributed by atoms with Crippen LogP contribution in [0, 0.1) is 6.67 Å². The Hall–Kier alpha value is -4.87. The summed E-state index contributed by atoms with van der Waals surface area (Å²) in [6, 6.07) is 40.2. The zero-order valence-corrected chi connectivity index (χ0v) is 25.6. The maximum absolute atomic E-state index is 4.57. The van der Waals surface area contributed by atoms with Crippen LogP contribution in [0.2, 0.25) is 0 Å². The summed E-state index contributed by atoms with van der Waals surface area (Å²) in [5.41, 5.74) is 4.55. The Balaban J connectivity index is 0.000000170. The fourth-order valence-electron chi connectivity index (χ4n) is 4.54. The zero-order valence-electron chi connectivity index (χ0n) is 23.3. The Morgan fingerprint density at radius 2 is 0.953 bits per heavy atom. The Morgan fingerprint density at radius 1 is 0.535 bits per heavy atom. The van der Waals surface area contributed by atoms with Crippen molar-refractivity contribution in [3.8, 4) is 0 Å². The average molecular weight is 743 g/mol. The van der Waals surface area contributed by atoms with E-state index in [0.717, 1.165) is 24.2 Å². The molecule has 0 radical (unpaired) electrons. The number of pyridine rings is 2. The zero-order chi connectivity index (χ0) is 28.4. The molecule has 0 amide bonds. The van der Waals surface area contributed by atoms with Crippen LogP contribution in [0.4, 0.5) is 11.6 Å². The monoisotopic (exact) mass is 742 g/mol. The fraction of sp³-hybridized carbons (Fsp3) is 0.0571. The Kier molecular flexibility index (Phi) is 10.2. The molecule has 0 aliphatic carbocycles. The van der Waals surface area contributed by atoms with Gasteiger partial charge in [0.15, 0.2) is 0 Å². The second-order valence-corrected chi connectivity index (χ2v) is 9.63. The fourth-order valence-corrected chi connectivity index (χ4v) is 4.54. The van der Waals surface area contributed by atoms with Crippen molar-refractivity contribution < 1.29 is 21.1 Å². The van der Waals surface area contributed by atoms with Crippen LogP contribution in [0.5, 0.6) is 0 Å². The van der Waals surface area contributed by atoms with Crippen LogP contribution in [-0.2, 0) is 34.2 Å². The molecule has 0 unspecified atom stereocenters. The van der Waals surface area contributed by atoms with E-state index in [9.17, 15) is 0 Å². The van der Waals surface area contributed by atoms with Crippen LogP contribution in [0.15, 0.2) is 156 Å². The standard InChI is InChI=1S/C18H12N5.C17H17N2.Pt/c1-2-8-14-13(7-1)17(21-15-9-3-5-11-19-15)23-18(14)22-16-10-4-6-12-20-16;1-3-7-16(8-4-1)13-18-11-12-19(15-18)14-17-9-5-2-6-10-17;/h1-12H;1-12,15H,13-14H2;/q2*-1;+2. The van der Waals surface area contributed by atoms with Gasteiger partial charge >= 0.3 is 21.1 Å². The van der Waals surface area contributed by atoms with Crippen molar-refractivity contribution in [3.05, 3.63) is 180 Å². The van der Waals surface area contributed by atoms with Gasteiger partial charge < -0.3 is 25.1 Å². The van der Waals surface area contributed by atoms with Crippen molar-refractivity contribution >= 4 is 23.3 Å². The maximum atomic E-state index is 4.57. The van der Waals surface area contributed by atoms with Crippen molar-refractivity contribution in [2.45, 2.75) is 13.1 Å².